The fourth-order valence-electron chi connectivity index (χ4n) is 3.59. The number of esters is 1. The predicted molar refractivity (Wildman–Crippen MR) is 121 cm³/mol. The van der Waals surface area contributed by atoms with E-state index in [4.69, 9.17) is 9.47 Å². The summed E-state index contributed by atoms with van der Waals surface area (Å²) in [4.78, 5) is 12.3. The minimum absolute atomic E-state index is 0.106. The Hall–Kier alpha value is -2.01. The summed E-state index contributed by atoms with van der Waals surface area (Å²) >= 11 is 0. The number of carbonyl (C=O) groups excluding carboxylic acids is 1. The van der Waals surface area contributed by atoms with E-state index in [2.05, 4.69) is 6.92 Å². The lowest BCUT2D eigenvalue weighted by atomic mass is 9.93. The quantitative estimate of drug-likeness (QED) is 0.173. The first-order valence-electron chi connectivity index (χ1n) is 11.6. The molecule has 0 N–H and O–H groups in total. The Morgan fingerprint density at radius 2 is 1.55 bits per heavy atom. The van der Waals surface area contributed by atoms with E-state index in [0.29, 0.717) is 24.0 Å². The lowest BCUT2D eigenvalue weighted by Gasteiger charge is -2.38. The molecule has 0 radical (unpaired) electrons. The van der Waals surface area contributed by atoms with Crippen molar-refractivity contribution in [1.82, 2.24) is 0 Å². The van der Waals surface area contributed by atoms with Crippen LogP contribution >= 0.6 is 0 Å². The van der Waals surface area contributed by atoms with Gasteiger partial charge >= 0.3 is 17.7 Å². The van der Waals surface area contributed by atoms with Crippen molar-refractivity contribution in [2.24, 2.45) is 0 Å². The van der Waals surface area contributed by atoms with E-state index in [-0.39, 0.29) is 13.0 Å². The normalized spacial score (nSPS) is 19.8. The number of allylic oxidation sites excluding steroid dienone is 2. The zero-order valence-electron chi connectivity index (χ0n) is 18.9. The van der Waals surface area contributed by atoms with Gasteiger partial charge in [0.25, 0.3) is 0 Å². The summed E-state index contributed by atoms with van der Waals surface area (Å²) in [7, 11) is 0. The average molecular weight is 435 g/mol. The van der Waals surface area contributed by atoms with Gasteiger partial charge in [0.2, 0.25) is 0 Å². The number of benzene rings is 1. The second kappa shape index (κ2) is 12.7. The lowest BCUT2D eigenvalue weighted by Crippen LogP contribution is -2.52. The Kier molecular flexibility index (Phi) is 10.4. The van der Waals surface area contributed by atoms with Crippen molar-refractivity contribution >= 4 is 11.5 Å². The molecule has 1 atom stereocenters. The number of hydrogen-bond donors (Lipinski definition) is 0. The average Bonchev–Trinajstić information content (AvgIpc) is 2.75. The van der Waals surface area contributed by atoms with Crippen molar-refractivity contribution in [2.45, 2.75) is 89.8 Å². The number of carbonyl (C=O) groups is 1. The van der Waals surface area contributed by atoms with E-state index in [1.807, 2.05) is 13.0 Å². The zero-order valence-corrected chi connectivity index (χ0v) is 18.9. The fourth-order valence-corrected chi connectivity index (χ4v) is 3.59. The summed E-state index contributed by atoms with van der Waals surface area (Å²) < 4.78 is 41.7. The number of ether oxygens (including phenoxy) is 2. The van der Waals surface area contributed by atoms with Crippen LogP contribution in [0.3, 0.4) is 0 Å². The van der Waals surface area contributed by atoms with Gasteiger partial charge < -0.3 is 9.47 Å². The molecule has 1 aliphatic rings. The molecule has 5 heteroatoms. The molecule has 0 amide bonds. The van der Waals surface area contributed by atoms with Gasteiger partial charge in [-0.15, -0.1) is 0 Å². The molecule has 0 bridgehead atoms. The van der Waals surface area contributed by atoms with Crippen LogP contribution in [0.4, 0.5) is 8.78 Å². The van der Waals surface area contributed by atoms with Crippen LogP contribution in [0.25, 0.3) is 5.57 Å². The summed E-state index contributed by atoms with van der Waals surface area (Å²) in [6.45, 7) is 4.28. The molecule has 1 aliphatic carbocycles. The van der Waals surface area contributed by atoms with Gasteiger partial charge in [0.05, 0.1) is 6.61 Å². The van der Waals surface area contributed by atoms with Crippen molar-refractivity contribution < 1.29 is 23.0 Å². The minimum atomic E-state index is -3.48. The van der Waals surface area contributed by atoms with Gasteiger partial charge in [-0.1, -0.05) is 95.2 Å². The van der Waals surface area contributed by atoms with Gasteiger partial charge in [0.1, 0.15) is 0 Å². The first kappa shape index (κ1) is 25.3. The monoisotopic (exact) mass is 434 g/mol. The molecule has 0 saturated carbocycles. The Bertz CT molecular complexity index is 727. The van der Waals surface area contributed by atoms with Crippen molar-refractivity contribution in [3.63, 3.8) is 0 Å². The lowest BCUT2D eigenvalue weighted by molar-refractivity contribution is -0.282. The molecule has 0 saturated heterocycles. The van der Waals surface area contributed by atoms with Crippen molar-refractivity contribution in [2.75, 3.05) is 6.61 Å². The smallest absolute Gasteiger partial charge is 0.335 e. The van der Waals surface area contributed by atoms with Crippen LogP contribution in [0.5, 0.6) is 0 Å². The highest BCUT2D eigenvalue weighted by Gasteiger charge is 2.57. The maximum Gasteiger partial charge on any atom is 0.335 e. The van der Waals surface area contributed by atoms with E-state index < -0.39 is 17.7 Å². The molecular weight excluding hydrogens is 398 g/mol. The molecule has 2 rings (SSSR count). The molecule has 172 valence electrons. The van der Waals surface area contributed by atoms with Gasteiger partial charge in [-0.05, 0) is 36.1 Å². The summed E-state index contributed by atoms with van der Waals surface area (Å²) in [5, 5.41) is 0. The molecule has 0 aromatic heterocycles. The topological polar surface area (TPSA) is 35.5 Å². The predicted octanol–water partition coefficient (Wildman–Crippen LogP) is 7.47. The standard InChI is InChI=1S/C26H36F2O3/c1-3-5-7-8-9-14-20-30-26(31-24(29)17-11-6-4-2)19-18-23(21-25(26,27)28)22-15-12-10-13-16-22/h10,12-13,15-16,18-19,21H,3-9,11,14,17,20H2,1-2H3. The molecular formula is C26H36F2O3. The molecule has 0 aliphatic heterocycles. The van der Waals surface area contributed by atoms with Crippen LogP contribution in [0.2, 0.25) is 0 Å². The third-order valence-electron chi connectivity index (χ3n) is 5.46. The van der Waals surface area contributed by atoms with Gasteiger partial charge in [-0.2, -0.15) is 8.78 Å². The van der Waals surface area contributed by atoms with E-state index in [1.165, 1.54) is 12.5 Å². The molecule has 3 nitrogen and oxygen atoms in total. The zero-order chi connectivity index (χ0) is 22.6. The van der Waals surface area contributed by atoms with Crippen LogP contribution in [-0.2, 0) is 14.3 Å². The van der Waals surface area contributed by atoms with Crippen molar-refractivity contribution in [1.29, 1.82) is 0 Å². The van der Waals surface area contributed by atoms with E-state index in [1.54, 1.807) is 30.3 Å². The van der Waals surface area contributed by atoms with Crippen molar-refractivity contribution in [3.8, 4) is 0 Å². The van der Waals surface area contributed by atoms with Gasteiger partial charge in [-0.25, -0.2) is 0 Å². The third kappa shape index (κ3) is 7.57. The Balaban J connectivity index is 2.10. The van der Waals surface area contributed by atoms with Gasteiger partial charge in [0.15, 0.2) is 0 Å². The third-order valence-corrected chi connectivity index (χ3v) is 5.46. The Morgan fingerprint density at radius 1 is 0.903 bits per heavy atom. The number of hydrogen-bond acceptors (Lipinski definition) is 3. The molecule has 31 heavy (non-hydrogen) atoms. The van der Waals surface area contributed by atoms with Crippen LogP contribution in [0, 0.1) is 0 Å². The SMILES string of the molecule is CCCCCCCCOC1(OC(=O)CCCCC)C=CC(c2ccccc2)=CC1(F)F. The van der Waals surface area contributed by atoms with E-state index >= 15 is 8.78 Å². The Labute approximate surface area is 185 Å². The van der Waals surface area contributed by atoms with Crippen LogP contribution < -0.4 is 0 Å². The highest BCUT2D eigenvalue weighted by atomic mass is 19.3. The summed E-state index contributed by atoms with van der Waals surface area (Å²) in [6.07, 6.45) is 12.2. The van der Waals surface area contributed by atoms with Crippen LogP contribution in [0.1, 0.15) is 83.6 Å². The molecule has 1 aromatic rings. The first-order chi connectivity index (χ1) is 14.9. The molecule has 0 heterocycles. The van der Waals surface area contributed by atoms with Gasteiger partial charge in [-0.3, -0.25) is 4.79 Å². The van der Waals surface area contributed by atoms with E-state index in [9.17, 15) is 4.79 Å². The minimum Gasteiger partial charge on any atom is -0.422 e. The number of halogens is 2. The fraction of sp³-hybridized carbons (Fsp3) is 0.577. The molecule has 0 fully saturated rings. The highest BCUT2D eigenvalue weighted by Crippen LogP contribution is 2.42. The number of rotatable bonds is 14. The highest BCUT2D eigenvalue weighted by molar-refractivity contribution is 5.77. The second-order valence-electron chi connectivity index (χ2n) is 8.14. The van der Waals surface area contributed by atoms with Crippen LogP contribution in [-0.4, -0.2) is 24.3 Å². The second-order valence-corrected chi connectivity index (χ2v) is 8.14. The summed E-state index contributed by atoms with van der Waals surface area (Å²) in [6, 6.07) is 8.97. The molecule has 1 aromatic carbocycles. The summed E-state index contributed by atoms with van der Waals surface area (Å²) in [5.41, 5.74) is 1.06. The Morgan fingerprint density at radius 3 is 2.23 bits per heavy atom. The van der Waals surface area contributed by atoms with Gasteiger partial charge in [0, 0.05) is 6.42 Å². The molecule has 0 spiro atoms. The summed E-state index contributed by atoms with van der Waals surface area (Å²) in [5.74, 6) is -6.52. The van der Waals surface area contributed by atoms with Crippen LogP contribution in [0.15, 0.2) is 48.6 Å². The maximum atomic E-state index is 15.4. The number of unbranched alkanes of at least 4 members (excludes halogenated alkanes) is 7. The number of alkyl halides is 2. The first-order valence-corrected chi connectivity index (χ1v) is 11.6. The van der Waals surface area contributed by atoms with Crippen molar-refractivity contribution in [3.05, 3.63) is 54.1 Å². The largest absolute Gasteiger partial charge is 0.422 e. The van der Waals surface area contributed by atoms with E-state index in [0.717, 1.165) is 44.6 Å². The maximum absolute atomic E-state index is 15.4. The molecule has 1 unspecified atom stereocenters.